The normalized spacial score (nSPS) is 12.8. The molecule has 3 nitrogen and oxygen atoms in total. The van der Waals surface area contributed by atoms with E-state index in [0.717, 1.165) is 11.5 Å². The minimum Gasteiger partial charge on any atom is -0.492 e. The van der Waals surface area contributed by atoms with Gasteiger partial charge in [0.05, 0.1) is 12.8 Å². The summed E-state index contributed by atoms with van der Waals surface area (Å²) in [6, 6.07) is 2.40. The van der Waals surface area contributed by atoms with Gasteiger partial charge >= 0.3 is 0 Å². The summed E-state index contributed by atoms with van der Waals surface area (Å²) in [6.45, 7) is 7.09. The van der Waals surface area contributed by atoms with Gasteiger partial charge in [0, 0.05) is 18.0 Å². The van der Waals surface area contributed by atoms with Crippen LogP contribution < -0.4 is 10.1 Å². The molecule has 1 atom stereocenters. The number of hydrogen-bond acceptors (Lipinski definition) is 4. The largest absolute Gasteiger partial charge is 0.492 e. The summed E-state index contributed by atoms with van der Waals surface area (Å²) in [4.78, 5) is 4.22. The number of aromatic nitrogens is 1. The third kappa shape index (κ3) is 4.96. The molecule has 0 aromatic carbocycles. The molecule has 0 aliphatic heterocycles. The third-order valence-corrected chi connectivity index (χ3v) is 3.58. The fourth-order valence-electron chi connectivity index (χ4n) is 1.51. The van der Waals surface area contributed by atoms with Crippen molar-refractivity contribution < 1.29 is 4.74 Å². The lowest BCUT2D eigenvalue weighted by atomic mass is 10.1. The first-order chi connectivity index (χ1) is 8.17. The van der Waals surface area contributed by atoms with Crippen molar-refractivity contribution in [3.8, 4) is 5.75 Å². The number of hydrogen-bond donors (Lipinski definition) is 1. The van der Waals surface area contributed by atoms with E-state index in [1.54, 1.807) is 6.20 Å². The standard InChI is InChI=1S/C13H22N2OS/c1-5-16-12-6-11(7-15-8-12)13(14-4)9-17-10(2)3/h6-8,10,13-14H,5,9H2,1-4H3. The fourth-order valence-corrected chi connectivity index (χ4v) is 2.44. The Morgan fingerprint density at radius 3 is 2.76 bits per heavy atom. The molecule has 1 aromatic rings. The molecule has 0 radical (unpaired) electrons. The van der Waals surface area contributed by atoms with Crippen LogP contribution in [0.3, 0.4) is 0 Å². The fraction of sp³-hybridized carbons (Fsp3) is 0.615. The van der Waals surface area contributed by atoms with Crippen molar-refractivity contribution >= 4 is 11.8 Å². The molecule has 1 rings (SSSR count). The number of pyridine rings is 1. The second-order valence-corrected chi connectivity index (χ2v) is 5.72. The molecule has 0 bridgehead atoms. The van der Waals surface area contributed by atoms with Crippen LogP contribution in [0.4, 0.5) is 0 Å². The Hall–Kier alpha value is -0.740. The maximum absolute atomic E-state index is 5.47. The van der Waals surface area contributed by atoms with E-state index in [-0.39, 0.29) is 0 Å². The van der Waals surface area contributed by atoms with Gasteiger partial charge in [-0.25, -0.2) is 0 Å². The monoisotopic (exact) mass is 254 g/mol. The minimum absolute atomic E-state index is 0.329. The maximum Gasteiger partial charge on any atom is 0.137 e. The van der Waals surface area contributed by atoms with E-state index in [4.69, 9.17) is 4.74 Å². The third-order valence-electron chi connectivity index (χ3n) is 2.39. The van der Waals surface area contributed by atoms with E-state index in [0.29, 0.717) is 17.9 Å². The van der Waals surface area contributed by atoms with E-state index >= 15 is 0 Å². The lowest BCUT2D eigenvalue weighted by Gasteiger charge is -2.17. The Bertz CT molecular complexity index is 331. The van der Waals surface area contributed by atoms with Gasteiger partial charge in [-0.15, -0.1) is 0 Å². The van der Waals surface area contributed by atoms with Crippen LogP contribution in [-0.2, 0) is 0 Å². The van der Waals surface area contributed by atoms with Crippen molar-refractivity contribution in [2.45, 2.75) is 32.1 Å². The van der Waals surface area contributed by atoms with Gasteiger partial charge in [-0.2, -0.15) is 11.8 Å². The number of ether oxygens (including phenoxy) is 1. The highest BCUT2D eigenvalue weighted by Crippen LogP contribution is 2.23. The average Bonchev–Trinajstić information content (AvgIpc) is 2.30. The zero-order valence-electron chi connectivity index (χ0n) is 11.1. The zero-order chi connectivity index (χ0) is 12.7. The SMILES string of the molecule is CCOc1cncc(C(CSC(C)C)NC)c1. The van der Waals surface area contributed by atoms with Gasteiger partial charge in [0.2, 0.25) is 0 Å². The molecule has 96 valence electrons. The molecular formula is C13H22N2OS. The Kier molecular flexibility index (Phi) is 6.37. The lowest BCUT2D eigenvalue weighted by molar-refractivity contribution is 0.338. The first-order valence-electron chi connectivity index (χ1n) is 6.04. The summed E-state index contributed by atoms with van der Waals surface area (Å²) in [7, 11) is 1.99. The molecule has 1 unspecified atom stereocenters. The number of nitrogens with zero attached hydrogens (tertiary/aromatic N) is 1. The molecule has 1 N–H and O–H groups in total. The Labute approximate surface area is 108 Å². The molecule has 0 amide bonds. The second kappa shape index (κ2) is 7.56. The predicted molar refractivity (Wildman–Crippen MR) is 74.8 cm³/mol. The van der Waals surface area contributed by atoms with Crippen LogP contribution in [0.2, 0.25) is 0 Å². The minimum atomic E-state index is 0.329. The molecule has 0 aliphatic carbocycles. The first-order valence-corrected chi connectivity index (χ1v) is 7.08. The average molecular weight is 254 g/mol. The van der Waals surface area contributed by atoms with Gasteiger partial charge in [0.25, 0.3) is 0 Å². The summed E-state index contributed by atoms with van der Waals surface area (Å²) in [6.07, 6.45) is 3.67. The van der Waals surface area contributed by atoms with Crippen LogP contribution in [-0.4, -0.2) is 29.6 Å². The molecule has 1 heterocycles. The van der Waals surface area contributed by atoms with Crippen molar-refractivity contribution in [2.24, 2.45) is 0 Å². The van der Waals surface area contributed by atoms with Crippen LogP contribution in [0, 0.1) is 0 Å². The van der Waals surface area contributed by atoms with Crippen molar-refractivity contribution in [3.63, 3.8) is 0 Å². The van der Waals surface area contributed by atoms with Crippen LogP contribution >= 0.6 is 11.8 Å². The predicted octanol–water partition coefficient (Wildman–Crippen LogP) is 2.88. The van der Waals surface area contributed by atoms with Gasteiger partial charge in [0.15, 0.2) is 0 Å². The molecule has 0 saturated carbocycles. The topological polar surface area (TPSA) is 34.1 Å². The zero-order valence-corrected chi connectivity index (χ0v) is 11.9. The van der Waals surface area contributed by atoms with Gasteiger partial charge in [0.1, 0.15) is 5.75 Å². The number of nitrogens with one attached hydrogen (secondary N) is 1. The van der Waals surface area contributed by atoms with E-state index in [2.05, 4.69) is 30.2 Å². The Balaban J connectivity index is 2.69. The summed E-state index contributed by atoms with van der Waals surface area (Å²) in [5, 5.41) is 3.97. The van der Waals surface area contributed by atoms with Crippen molar-refractivity contribution in [3.05, 3.63) is 24.0 Å². The maximum atomic E-state index is 5.47. The highest BCUT2D eigenvalue weighted by atomic mass is 32.2. The van der Waals surface area contributed by atoms with Crippen molar-refractivity contribution in [2.75, 3.05) is 19.4 Å². The Morgan fingerprint density at radius 1 is 1.41 bits per heavy atom. The van der Waals surface area contributed by atoms with Crippen LogP contribution in [0.25, 0.3) is 0 Å². The van der Waals surface area contributed by atoms with E-state index in [1.807, 2.05) is 31.9 Å². The van der Waals surface area contributed by atoms with Gasteiger partial charge in [-0.05, 0) is 30.9 Å². The smallest absolute Gasteiger partial charge is 0.137 e. The summed E-state index contributed by atoms with van der Waals surface area (Å²) in [5.41, 5.74) is 1.19. The molecule has 0 spiro atoms. The van der Waals surface area contributed by atoms with E-state index in [9.17, 15) is 0 Å². The first kappa shape index (κ1) is 14.3. The van der Waals surface area contributed by atoms with E-state index in [1.165, 1.54) is 5.56 Å². The molecule has 0 aliphatic rings. The Morgan fingerprint density at radius 2 is 2.18 bits per heavy atom. The van der Waals surface area contributed by atoms with Gasteiger partial charge in [-0.1, -0.05) is 13.8 Å². The van der Waals surface area contributed by atoms with Crippen LogP contribution in [0.5, 0.6) is 5.75 Å². The van der Waals surface area contributed by atoms with Gasteiger partial charge in [-0.3, -0.25) is 4.98 Å². The molecule has 4 heteroatoms. The molecule has 0 fully saturated rings. The van der Waals surface area contributed by atoms with Crippen LogP contribution in [0.1, 0.15) is 32.4 Å². The molecular weight excluding hydrogens is 232 g/mol. The number of thioether (sulfide) groups is 1. The summed E-state index contributed by atoms with van der Waals surface area (Å²) < 4.78 is 5.47. The quantitative estimate of drug-likeness (QED) is 0.811. The molecule has 0 saturated heterocycles. The van der Waals surface area contributed by atoms with Crippen molar-refractivity contribution in [1.82, 2.24) is 10.3 Å². The lowest BCUT2D eigenvalue weighted by Crippen LogP contribution is -2.19. The summed E-state index contributed by atoms with van der Waals surface area (Å²) >= 11 is 1.95. The van der Waals surface area contributed by atoms with Crippen molar-refractivity contribution in [1.29, 1.82) is 0 Å². The molecule has 1 aromatic heterocycles. The second-order valence-electron chi connectivity index (χ2n) is 4.11. The highest BCUT2D eigenvalue weighted by Gasteiger charge is 2.11. The number of rotatable bonds is 7. The highest BCUT2D eigenvalue weighted by molar-refractivity contribution is 7.99. The van der Waals surface area contributed by atoms with Gasteiger partial charge < -0.3 is 10.1 Å². The summed E-state index contributed by atoms with van der Waals surface area (Å²) in [5.74, 6) is 1.89. The van der Waals surface area contributed by atoms with E-state index < -0.39 is 0 Å². The molecule has 17 heavy (non-hydrogen) atoms. The van der Waals surface area contributed by atoms with Crippen LogP contribution in [0.15, 0.2) is 18.5 Å².